The second-order valence-corrected chi connectivity index (χ2v) is 7.27. The molecule has 4 rings (SSSR count). The smallest absolute Gasteiger partial charge is 0.161 e. The van der Waals surface area contributed by atoms with Gasteiger partial charge in [0, 0.05) is 15.5 Å². The molecule has 0 bridgehead atoms. The van der Waals surface area contributed by atoms with Crippen LogP contribution in [0.2, 0.25) is 0 Å². The highest BCUT2D eigenvalue weighted by molar-refractivity contribution is 9.11. The minimum Gasteiger partial charge on any atom is -0.486 e. The fourth-order valence-corrected chi connectivity index (χ4v) is 3.96. The van der Waals surface area contributed by atoms with Crippen LogP contribution in [0.5, 0.6) is 11.5 Å². The maximum absolute atomic E-state index is 5.75. The summed E-state index contributed by atoms with van der Waals surface area (Å²) in [7, 11) is 0. The molecule has 1 N–H and O–H groups in total. The summed E-state index contributed by atoms with van der Waals surface area (Å²) in [5.41, 5.74) is 3.83. The highest BCUT2D eigenvalue weighted by Gasteiger charge is 2.26. The van der Waals surface area contributed by atoms with Crippen molar-refractivity contribution in [2.45, 2.75) is 12.5 Å². The lowest BCUT2D eigenvalue weighted by Crippen LogP contribution is -2.31. The predicted molar refractivity (Wildman–Crippen MR) is 92.8 cm³/mol. The van der Waals surface area contributed by atoms with Crippen molar-refractivity contribution < 1.29 is 9.47 Å². The third-order valence-corrected chi connectivity index (χ3v) is 5.34. The average Bonchev–Trinajstić information content (AvgIpc) is 2.55. The second kappa shape index (κ2) is 5.87. The van der Waals surface area contributed by atoms with E-state index in [1.54, 1.807) is 0 Å². The fourth-order valence-electron chi connectivity index (χ4n) is 3.11. The summed E-state index contributed by atoms with van der Waals surface area (Å²) in [6.07, 6.45) is 1.01. The van der Waals surface area contributed by atoms with Gasteiger partial charge in [-0.2, -0.15) is 0 Å². The first-order chi connectivity index (χ1) is 10.7. The number of nitrogens with one attached hydrogen (secondary N) is 1. The molecular weight excluding hydrogens is 410 g/mol. The minimum atomic E-state index is 0.159. The van der Waals surface area contributed by atoms with E-state index in [2.05, 4.69) is 61.4 Å². The van der Waals surface area contributed by atoms with Crippen molar-refractivity contribution in [2.75, 3.05) is 19.8 Å². The van der Waals surface area contributed by atoms with Gasteiger partial charge in [-0.3, -0.25) is 0 Å². The van der Waals surface area contributed by atoms with E-state index in [0.29, 0.717) is 13.2 Å². The normalized spacial score (nSPS) is 19.6. The van der Waals surface area contributed by atoms with Crippen LogP contribution in [-0.2, 0) is 6.42 Å². The van der Waals surface area contributed by atoms with Crippen LogP contribution in [0.1, 0.15) is 22.7 Å². The Bertz CT molecular complexity index is 733. The van der Waals surface area contributed by atoms with Gasteiger partial charge in [-0.25, -0.2) is 0 Å². The van der Waals surface area contributed by atoms with Crippen molar-refractivity contribution in [3.63, 3.8) is 0 Å². The van der Waals surface area contributed by atoms with Crippen LogP contribution >= 0.6 is 31.9 Å². The molecule has 2 heterocycles. The molecule has 2 aliphatic heterocycles. The van der Waals surface area contributed by atoms with Gasteiger partial charge in [-0.15, -0.1) is 0 Å². The number of rotatable bonds is 1. The van der Waals surface area contributed by atoms with E-state index in [1.807, 2.05) is 6.07 Å². The Labute approximate surface area is 146 Å². The molecule has 114 valence electrons. The third kappa shape index (κ3) is 2.55. The molecular formula is C17H15Br2NO2. The Morgan fingerprint density at radius 1 is 0.955 bits per heavy atom. The average molecular weight is 425 g/mol. The van der Waals surface area contributed by atoms with Crippen LogP contribution < -0.4 is 14.8 Å². The van der Waals surface area contributed by atoms with Gasteiger partial charge in [0.2, 0.25) is 0 Å². The molecule has 5 heteroatoms. The van der Waals surface area contributed by atoms with E-state index in [9.17, 15) is 0 Å². The lowest BCUT2D eigenvalue weighted by molar-refractivity contribution is 0.171. The molecule has 0 radical (unpaired) electrons. The molecule has 0 saturated carbocycles. The topological polar surface area (TPSA) is 30.5 Å². The van der Waals surface area contributed by atoms with E-state index in [1.165, 1.54) is 16.7 Å². The highest BCUT2D eigenvalue weighted by atomic mass is 79.9. The standard InChI is InChI=1S/C17H15Br2NO2/c18-11-1-2-14(19)13(8-11)17-12-9-16-15(21-5-6-22-16)7-10(12)3-4-20-17/h1-2,7-9,17,20H,3-6H2. The summed E-state index contributed by atoms with van der Waals surface area (Å²) >= 11 is 7.25. The Morgan fingerprint density at radius 3 is 2.55 bits per heavy atom. The molecule has 0 amide bonds. The molecule has 1 atom stereocenters. The van der Waals surface area contributed by atoms with E-state index < -0.39 is 0 Å². The van der Waals surface area contributed by atoms with E-state index >= 15 is 0 Å². The van der Waals surface area contributed by atoms with Crippen molar-refractivity contribution in [1.82, 2.24) is 5.32 Å². The fraction of sp³-hybridized carbons (Fsp3) is 0.294. The van der Waals surface area contributed by atoms with Crippen molar-refractivity contribution >= 4 is 31.9 Å². The number of ether oxygens (including phenoxy) is 2. The van der Waals surface area contributed by atoms with Crippen LogP contribution in [-0.4, -0.2) is 19.8 Å². The van der Waals surface area contributed by atoms with Gasteiger partial charge in [-0.05, 0) is 53.4 Å². The van der Waals surface area contributed by atoms with E-state index in [4.69, 9.17) is 9.47 Å². The maximum atomic E-state index is 5.75. The quantitative estimate of drug-likeness (QED) is 0.743. The van der Waals surface area contributed by atoms with Crippen molar-refractivity contribution in [2.24, 2.45) is 0 Å². The number of hydrogen-bond donors (Lipinski definition) is 1. The lowest BCUT2D eigenvalue weighted by atomic mass is 9.89. The molecule has 2 aromatic rings. The van der Waals surface area contributed by atoms with Crippen LogP contribution in [0.4, 0.5) is 0 Å². The molecule has 22 heavy (non-hydrogen) atoms. The Hall–Kier alpha value is -1.04. The third-order valence-electron chi connectivity index (χ3n) is 4.13. The lowest BCUT2D eigenvalue weighted by Gasteiger charge is -2.30. The van der Waals surface area contributed by atoms with Gasteiger partial charge in [0.1, 0.15) is 13.2 Å². The SMILES string of the molecule is Brc1ccc(Br)c(C2NCCc3cc4c(cc32)OCCO4)c1. The number of halogens is 2. The summed E-state index contributed by atoms with van der Waals surface area (Å²) in [4.78, 5) is 0. The molecule has 1 unspecified atom stereocenters. The van der Waals surface area contributed by atoms with E-state index in [-0.39, 0.29) is 6.04 Å². The molecule has 0 spiro atoms. The highest BCUT2D eigenvalue weighted by Crippen LogP contribution is 2.40. The maximum Gasteiger partial charge on any atom is 0.161 e. The Morgan fingerprint density at radius 2 is 1.73 bits per heavy atom. The molecule has 2 aliphatic rings. The monoisotopic (exact) mass is 423 g/mol. The largest absolute Gasteiger partial charge is 0.486 e. The Balaban J connectivity index is 1.83. The number of hydrogen-bond acceptors (Lipinski definition) is 3. The number of benzene rings is 2. The van der Waals surface area contributed by atoms with Crippen molar-refractivity contribution in [3.05, 3.63) is 56.0 Å². The van der Waals surface area contributed by atoms with Crippen LogP contribution in [0.25, 0.3) is 0 Å². The van der Waals surface area contributed by atoms with Crippen molar-refractivity contribution in [3.8, 4) is 11.5 Å². The summed E-state index contributed by atoms with van der Waals surface area (Å²) in [5, 5.41) is 3.62. The predicted octanol–water partition coefficient (Wildman–Crippen LogP) is 4.22. The van der Waals surface area contributed by atoms with Crippen LogP contribution in [0.15, 0.2) is 39.3 Å². The van der Waals surface area contributed by atoms with Gasteiger partial charge >= 0.3 is 0 Å². The summed E-state index contributed by atoms with van der Waals surface area (Å²) in [6.45, 7) is 2.20. The second-order valence-electron chi connectivity index (χ2n) is 5.50. The summed E-state index contributed by atoms with van der Waals surface area (Å²) in [5.74, 6) is 1.73. The minimum absolute atomic E-state index is 0.159. The molecule has 0 saturated heterocycles. The van der Waals surface area contributed by atoms with Crippen LogP contribution in [0, 0.1) is 0 Å². The van der Waals surface area contributed by atoms with Gasteiger partial charge in [0.25, 0.3) is 0 Å². The zero-order valence-corrected chi connectivity index (χ0v) is 15.0. The molecule has 3 nitrogen and oxygen atoms in total. The van der Waals surface area contributed by atoms with Gasteiger partial charge in [0.15, 0.2) is 11.5 Å². The summed E-state index contributed by atoms with van der Waals surface area (Å²) < 4.78 is 13.7. The first-order valence-corrected chi connectivity index (χ1v) is 8.92. The van der Waals surface area contributed by atoms with Crippen LogP contribution in [0.3, 0.4) is 0 Å². The van der Waals surface area contributed by atoms with Gasteiger partial charge in [0.05, 0.1) is 6.04 Å². The number of fused-ring (bicyclic) bond motifs is 2. The van der Waals surface area contributed by atoms with Gasteiger partial charge < -0.3 is 14.8 Å². The first kappa shape index (κ1) is 14.5. The zero-order chi connectivity index (χ0) is 15.1. The van der Waals surface area contributed by atoms with Gasteiger partial charge in [-0.1, -0.05) is 31.9 Å². The molecule has 0 aliphatic carbocycles. The molecule has 0 aromatic heterocycles. The summed E-state index contributed by atoms with van der Waals surface area (Å²) in [6, 6.07) is 10.7. The first-order valence-electron chi connectivity index (χ1n) is 7.33. The zero-order valence-electron chi connectivity index (χ0n) is 11.9. The molecule has 2 aromatic carbocycles. The molecule has 0 fully saturated rings. The Kier molecular flexibility index (Phi) is 3.88. The van der Waals surface area contributed by atoms with E-state index in [0.717, 1.165) is 33.4 Å². The van der Waals surface area contributed by atoms with Crippen molar-refractivity contribution in [1.29, 1.82) is 0 Å².